The van der Waals surface area contributed by atoms with E-state index in [9.17, 15) is 9.59 Å². The van der Waals surface area contributed by atoms with Crippen LogP contribution in [0.1, 0.15) is 32.4 Å². The van der Waals surface area contributed by atoms with Gasteiger partial charge < -0.3 is 14.1 Å². The molecule has 0 fully saturated rings. The van der Waals surface area contributed by atoms with Crippen molar-refractivity contribution in [1.29, 1.82) is 0 Å². The molecule has 116 valence electrons. The minimum atomic E-state index is -0.313. The van der Waals surface area contributed by atoms with Gasteiger partial charge in [0.2, 0.25) is 5.91 Å². The summed E-state index contributed by atoms with van der Waals surface area (Å²) in [6.45, 7) is 5.18. The molecule has 5 heteroatoms. The minimum Gasteiger partial charge on any atom is -0.469 e. The molecule has 0 aliphatic heterocycles. The van der Waals surface area contributed by atoms with E-state index in [-0.39, 0.29) is 18.3 Å². The number of hydrogen-bond donors (Lipinski definition) is 0. The van der Waals surface area contributed by atoms with Gasteiger partial charge >= 0.3 is 5.97 Å². The maximum Gasteiger partial charge on any atom is 0.307 e. The quantitative estimate of drug-likeness (QED) is 0.546. The van der Waals surface area contributed by atoms with Crippen LogP contribution in [0.25, 0.3) is 6.08 Å². The highest BCUT2D eigenvalue weighted by atomic mass is 16.5. The standard InChI is InChI=1S/C16H23NO4/c1-13(2)8-10-17(11-9-16(19)20-3)15(18)7-6-14-5-4-12-21-14/h4-7,12-13H,8-11H2,1-3H3/b7-6+. The summed E-state index contributed by atoms with van der Waals surface area (Å²) in [5, 5.41) is 0. The van der Waals surface area contributed by atoms with E-state index in [1.165, 1.54) is 13.2 Å². The smallest absolute Gasteiger partial charge is 0.307 e. The van der Waals surface area contributed by atoms with Crippen molar-refractivity contribution in [2.24, 2.45) is 5.92 Å². The lowest BCUT2D eigenvalue weighted by Gasteiger charge is -2.21. The average Bonchev–Trinajstić information content (AvgIpc) is 2.97. The molecule has 5 nitrogen and oxygen atoms in total. The fourth-order valence-electron chi connectivity index (χ4n) is 1.72. The van der Waals surface area contributed by atoms with Gasteiger partial charge in [0.05, 0.1) is 19.8 Å². The Morgan fingerprint density at radius 3 is 2.71 bits per heavy atom. The molecule has 0 spiro atoms. The molecule has 0 saturated heterocycles. The van der Waals surface area contributed by atoms with Gasteiger partial charge in [-0.15, -0.1) is 0 Å². The number of esters is 1. The number of ether oxygens (including phenoxy) is 1. The third kappa shape index (κ3) is 6.79. The van der Waals surface area contributed by atoms with E-state index in [0.29, 0.717) is 24.8 Å². The van der Waals surface area contributed by atoms with E-state index in [1.807, 2.05) is 0 Å². The Balaban J connectivity index is 2.60. The number of rotatable bonds is 8. The lowest BCUT2D eigenvalue weighted by Crippen LogP contribution is -2.33. The third-order valence-corrected chi connectivity index (χ3v) is 3.03. The highest BCUT2D eigenvalue weighted by Crippen LogP contribution is 2.07. The summed E-state index contributed by atoms with van der Waals surface area (Å²) in [6, 6.07) is 3.54. The van der Waals surface area contributed by atoms with Gasteiger partial charge in [-0.2, -0.15) is 0 Å². The van der Waals surface area contributed by atoms with Crippen molar-refractivity contribution in [2.45, 2.75) is 26.7 Å². The molecule has 21 heavy (non-hydrogen) atoms. The van der Waals surface area contributed by atoms with Crippen LogP contribution in [0.4, 0.5) is 0 Å². The van der Waals surface area contributed by atoms with Crippen LogP contribution in [0, 0.1) is 5.92 Å². The van der Waals surface area contributed by atoms with Crippen molar-refractivity contribution in [3.05, 3.63) is 30.2 Å². The van der Waals surface area contributed by atoms with Crippen LogP contribution in [0.5, 0.6) is 0 Å². The molecule has 0 atom stereocenters. The highest BCUT2D eigenvalue weighted by molar-refractivity contribution is 5.91. The Kier molecular flexibility index (Phi) is 7.29. The predicted molar refractivity (Wildman–Crippen MR) is 80.4 cm³/mol. The van der Waals surface area contributed by atoms with E-state index >= 15 is 0 Å². The first-order valence-corrected chi connectivity index (χ1v) is 7.10. The summed E-state index contributed by atoms with van der Waals surface area (Å²) < 4.78 is 9.76. The zero-order valence-corrected chi connectivity index (χ0v) is 12.9. The average molecular weight is 293 g/mol. The lowest BCUT2D eigenvalue weighted by molar-refractivity contribution is -0.141. The van der Waals surface area contributed by atoms with Crippen LogP contribution in [0.3, 0.4) is 0 Å². The molecule has 0 unspecified atom stereocenters. The molecule has 0 saturated carbocycles. The Labute approximate surface area is 125 Å². The summed E-state index contributed by atoms with van der Waals surface area (Å²) in [7, 11) is 1.35. The van der Waals surface area contributed by atoms with Crippen molar-refractivity contribution in [2.75, 3.05) is 20.2 Å². The van der Waals surface area contributed by atoms with E-state index in [1.54, 1.807) is 29.4 Å². The molecule has 1 aromatic heterocycles. The number of carbonyl (C=O) groups is 2. The van der Waals surface area contributed by atoms with E-state index in [4.69, 9.17) is 4.42 Å². The molecule has 0 bridgehead atoms. The Bertz CT molecular complexity index is 463. The second-order valence-electron chi connectivity index (χ2n) is 5.18. The number of furan rings is 1. The first kappa shape index (κ1) is 17.0. The van der Waals surface area contributed by atoms with Crippen molar-refractivity contribution < 1.29 is 18.7 Å². The van der Waals surface area contributed by atoms with Gasteiger partial charge in [0, 0.05) is 19.2 Å². The topological polar surface area (TPSA) is 59.8 Å². The molecule has 0 radical (unpaired) electrons. The number of amides is 1. The molecule has 0 aliphatic rings. The number of methoxy groups -OCH3 is 1. The molecule has 0 aliphatic carbocycles. The SMILES string of the molecule is COC(=O)CCN(CCC(C)C)C(=O)/C=C/c1ccco1. The maximum atomic E-state index is 12.2. The summed E-state index contributed by atoms with van der Waals surface area (Å²) in [4.78, 5) is 25.1. The second-order valence-corrected chi connectivity index (χ2v) is 5.18. The summed E-state index contributed by atoms with van der Waals surface area (Å²) in [6.07, 6.45) is 5.74. The molecule has 0 N–H and O–H groups in total. The van der Waals surface area contributed by atoms with Crippen LogP contribution >= 0.6 is 0 Å². The molecule has 0 aromatic carbocycles. The zero-order valence-electron chi connectivity index (χ0n) is 12.9. The normalized spacial score (nSPS) is 11.0. The first-order valence-electron chi connectivity index (χ1n) is 7.10. The van der Waals surface area contributed by atoms with Crippen molar-refractivity contribution in [3.8, 4) is 0 Å². The van der Waals surface area contributed by atoms with Crippen LogP contribution in [-0.2, 0) is 14.3 Å². The van der Waals surface area contributed by atoms with Gasteiger partial charge in [-0.3, -0.25) is 9.59 Å². The van der Waals surface area contributed by atoms with Crippen molar-refractivity contribution in [1.82, 2.24) is 4.90 Å². The van der Waals surface area contributed by atoms with Gasteiger partial charge in [0.1, 0.15) is 5.76 Å². The number of hydrogen-bond acceptors (Lipinski definition) is 4. The fraction of sp³-hybridized carbons (Fsp3) is 0.500. The van der Waals surface area contributed by atoms with Crippen molar-refractivity contribution >= 4 is 18.0 Å². The molecular weight excluding hydrogens is 270 g/mol. The molecule has 1 heterocycles. The van der Waals surface area contributed by atoms with Gasteiger partial charge in [-0.1, -0.05) is 13.8 Å². The van der Waals surface area contributed by atoms with Gasteiger partial charge in [0.15, 0.2) is 0 Å². The van der Waals surface area contributed by atoms with Crippen LogP contribution in [-0.4, -0.2) is 37.0 Å². The van der Waals surface area contributed by atoms with Crippen LogP contribution < -0.4 is 0 Å². The van der Waals surface area contributed by atoms with Gasteiger partial charge in [-0.05, 0) is 30.5 Å². The minimum absolute atomic E-state index is 0.129. The van der Waals surface area contributed by atoms with E-state index in [2.05, 4.69) is 18.6 Å². The molecule has 1 aromatic rings. The Hall–Kier alpha value is -2.04. The first-order chi connectivity index (χ1) is 10.0. The summed E-state index contributed by atoms with van der Waals surface area (Å²) >= 11 is 0. The van der Waals surface area contributed by atoms with E-state index < -0.39 is 0 Å². The van der Waals surface area contributed by atoms with Crippen LogP contribution in [0.15, 0.2) is 28.9 Å². The number of nitrogens with zero attached hydrogens (tertiary/aromatic N) is 1. The second kappa shape index (κ2) is 9.00. The lowest BCUT2D eigenvalue weighted by atomic mass is 10.1. The fourth-order valence-corrected chi connectivity index (χ4v) is 1.72. The van der Waals surface area contributed by atoms with Crippen molar-refractivity contribution in [3.63, 3.8) is 0 Å². The molecule has 1 rings (SSSR count). The van der Waals surface area contributed by atoms with Gasteiger partial charge in [0.25, 0.3) is 0 Å². The highest BCUT2D eigenvalue weighted by Gasteiger charge is 2.13. The van der Waals surface area contributed by atoms with E-state index in [0.717, 1.165) is 6.42 Å². The predicted octanol–water partition coefficient (Wildman–Crippen LogP) is 2.73. The third-order valence-electron chi connectivity index (χ3n) is 3.03. The number of carbonyl (C=O) groups excluding carboxylic acids is 2. The Morgan fingerprint density at radius 2 is 2.14 bits per heavy atom. The van der Waals surface area contributed by atoms with Crippen LogP contribution in [0.2, 0.25) is 0 Å². The molecule has 1 amide bonds. The largest absolute Gasteiger partial charge is 0.469 e. The monoisotopic (exact) mass is 293 g/mol. The maximum absolute atomic E-state index is 12.2. The Morgan fingerprint density at radius 1 is 1.38 bits per heavy atom. The van der Waals surface area contributed by atoms with Gasteiger partial charge in [-0.25, -0.2) is 0 Å². The summed E-state index contributed by atoms with van der Waals surface area (Å²) in [5.41, 5.74) is 0. The molecular formula is C16H23NO4. The summed E-state index contributed by atoms with van der Waals surface area (Å²) in [5.74, 6) is 0.677. The zero-order chi connectivity index (χ0) is 15.7.